The molecule has 0 spiro atoms. The van der Waals surface area contributed by atoms with Gasteiger partial charge in [-0.15, -0.1) is 11.3 Å². The molecule has 2 rings (SSSR count). The normalized spacial score (nSPS) is 12.0. The van der Waals surface area contributed by atoms with Crippen LogP contribution < -0.4 is 25.5 Å². The van der Waals surface area contributed by atoms with E-state index in [0.29, 0.717) is 11.5 Å². The molecule has 0 fully saturated rings. The minimum Gasteiger partial charge on any atom is -0.496 e. The van der Waals surface area contributed by atoms with Gasteiger partial charge in [0, 0.05) is 0 Å². The number of methoxy groups -OCH3 is 3. The van der Waals surface area contributed by atoms with E-state index in [1.807, 2.05) is 29.6 Å². The predicted octanol–water partition coefficient (Wildman–Crippen LogP) is 2.33. The van der Waals surface area contributed by atoms with Crippen molar-refractivity contribution in [1.82, 2.24) is 5.43 Å². The summed E-state index contributed by atoms with van der Waals surface area (Å²) in [5.74, 6) is 7.88. The van der Waals surface area contributed by atoms with Crippen LogP contribution in [0.2, 0.25) is 0 Å². The number of nitrogens with one attached hydrogen (secondary N) is 1. The summed E-state index contributed by atoms with van der Waals surface area (Å²) in [5.41, 5.74) is 3.80. The Bertz CT molecular complexity index is 571. The van der Waals surface area contributed by atoms with Crippen molar-refractivity contribution < 1.29 is 14.2 Å². The van der Waals surface area contributed by atoms with Crippen molar-refractivity contribution in [3.05, 3.63) is 40.1 Å². The van der Waals surface area contributed by atoms with Gasteiger partial charge < -0.3 is 14.2 Å². The molecule has 1 heterocycles. The maximum Gasteiger partial charge on any atom is 0.161 e. The second-order valence-electron chi connectivity index (χ2n) is 4.07. The molecular weight excluding hydrogens is 276 g/mol. The van der Waals surface area contributed by atoms with E-state index in [2.05, 4.69) is 5.43 Å². The number of thiophene rings is 1. The first kappa shape index (κ1) is 14.6. The Labute approximate surface area is 122 Å². The van der Waals surface area contributed by atoms with E-state index in [0.717, 1.165) is 16.2 Å². The third-order valence-corrected chi connectivity index (χ3v) is 4.01. The van der Waals surface area contributed by atoms with Gasteiger partial charge in [-0.05, 0) is 29.1 Å². The van der Waals surface area contributed by atoms with E-state index in [1.165, 1.54) is 0 Å². The molecule has 1 unspecified atom stereocenters. The van der Waals surface area contributed by atoms with Crippen LogP contribution >= 0.6 is 11.3 Å². The third-order valence-electron chi connectivity index (χ3n) is 3.05. The van der Waals surface area contributed by atoms with Gasteiger partial charge in [-0.25, -0.2) is 5.43 Å². The number of hydrogen-bond acceptors (Lipinski definition) is 6. The van der Waals surface area contributed by atoms with Gasteiger partial charge in [0.25, 0.3) is 0 Å². The summed E-state index contributed by atoms with van der Waals surface area (Å²) in [4.78, 5) is 1.02. The van der Waals surface area contributed by atoms with Crippen LogP contribution in [-0.2, 0) is 0 Å². The fourth-order valence-electron chi connectivity index (χ4n) is 2.04. The summed E-state index contributed by atoms with van der Waals surface area (Å²) in [6.07, 6.45) is 0. The lowest BCUT2D eigenvalue weighted by Crippen LogP contribution is -2.28. The highest BCUT2D eigenvalue weighted by molar-refractivity contribution is 7.10. The minimum absolute atomic E-state index is 0.162. The van der Waals surface area contributed by atoms with Crippen molar-refractivity contribution >= 4 is 11.3 Å². The molecule has 0 aliphatic heterocycles. The number of rotatable bonds is 6. The van der Waals surface area contributed by atoms with E-state index in [4.69, 9.17) is 20.1 Å². The summed E-state index contributed by atoms with van der Waals surface area (Å²) in [7, 11) is 4.87. The fraction of sp³-hybridized carbons (Fsp3) is 0.286. The highest BCUT2D eigenvalue weighted by atomic mass is 32.1. The first-order chi connectivity index (χ1) is 9.74. The van der Waals surface area contributed by atoms with Crippen LogP contribution in [-0.4, -0.2) is 21.3 Å². The van der Waals surface area contributed by atoms with E-state index in [9.17, 15) is 0 Å². The predicted molar refractivity (Wildman–Crippen MR) is 79.6 cm³/mol. The first-order valence-corrected chi connectivity index (χ1v) is 6.92. The number of hydrazine groups is 1. The van der Waals surface area contributed by atoms with Crippen LogP contribution in [0.1, 0.15) is 16.5 Å². The molecule has 20 heavy (non-hydrogen) atoms. The van der Waals surface area contributed by atoms with Gasteiger partial charge >= 0.3 is 0 Å². The molecule has 0 bridgehead atoms. The van der Waals surface area contributed by atoms with Crippen LogP contribution in [0.3, 0.4) is 0 Å². The molecule has 1 aromatic heterocycles. The van der Waals surface area contributed by atoms with Crippen molar-refractivity contribution in [3.63, 3.8) is 0 Å². The molecule has 1 aromatic carbocycles. The van der Waals surface area contributed by atoms with Crippen LogP contribution in [0.15, 0.2) is 29.6 Å². The molecule has 1 atom stereocenters. The van der Waals surface area contributed by atoms with E-state index in [-0.39, 0.29) is 6.04 Å². The summed E-state index contributed by atoms with van der Waals surface area (Å²) in [5, 5.41) is 1.97. The quantitative estimate of drug-likeness (QED) is 0.632. The number of benzene rings is 1. The zero-order chi connectivity index (χ0) is 14.5. The van der Waals surface area contributed by atoms with Crippen molar-refractivity contribution in [2.75, 3.05) is 21.3 Å². The van der Waals surface area contributed by atoms with Gasteiger partial charge in [0.05, 0.1) is 32.2 Å². The van der Waals surface area contributed by atoms with Gasteiger partial charge in [0.2, 0.25) is 0 Å². The smallest absolute Gasteiger partial charge is 0.161 e. The Morgan fingerprint density at radius 3 is 2.30 bits per heavy atom. The van der Waals surface area contributed by atoms with E-state index in [1.54, 1.807) is 32.7 Å². The monoisotopic (exact) mass is 294 g/mol. The Morgan fingerprint density at radius 1 is 1.00 bits per heavy atom. The van der Waals surface area contributed by atoms with E-state index >= 15 is 0 Å². The van der Waals surface area contributed by atoms with Gasteiger partial charge in [-0.3, -0.25) is 5.84 Å². The van der Waals surface area contributed by atoms with Gasteiger partial charge in [0.1, 0.15) is 5.75 Å². The maximum absolute atomic E-state index is 5.71. The first-order valence-electron chi connectivity index (χ1n) is 6.04. The average molecular weight is 294 g/mol. The summed E-state index contributed by atoms with van der Waals surface area (Å²) in [6.45, 7) is 0. The van der Waals surface area contributed by atoms with Crippen molar-refractivity contribution in [1.29, 1.82) is 0 Å². The number of ether oxygens (including phenoxy) is 3. The fourth-order valence-corrected chi connectivity index (χ4v) is 2.99. The van der Waals surface area contributed by atoms with Crippen LogP contribution in [0.5, 0.6) is 17.2 Å². The van der Waals surface area contributed by atoms with Gasteiger partial charge in [0.15, 0.2) is 11.5 Å². The zero-order valence-electron chi connectivity index (χ0n) is 11.7. The Kier molecular flexibility index (Phi) is 4.84. The second kappa shape index (κ2) is 6.60. The second-order valence-corrected chi connectivity index (χ2v) is 5.02. The van der Waals surface area contributed by atoms with Crippen LogP contribution in [0.4, 0.5) is 0 Å². The van der Waals surface area contributed by atoms with Gasteiger partial charge in [-0.1, -0.05) is 6.07 Å². The lowest BCUT2D eigenvalue weighted by atomic mass is 10.0. The Morgan fingerprint density at radius 2 is 1.70 bits per heavy atom. The highest BCUT2D eigenvalue weighted by Crippen LogP contribution is 2.37. The zero-order valence-corrected chi connectivity index (χ0v) is 12.5. The molecule has 2 aromatic rings. The number of nitrogens with two attached hydrogens (primary N) is 1. The van der Waals surface area contributed by atoms with E-state index < -0.39 is 0 Å². The molecule has 3 N–H and O–H groups in total. The van der Waals surface area contributed by atoms with Gasteiger partial charge in [-0.2, -0.15) is 0 Å². The molecular formula is C14H18N2O3S. The largest absolute Gasteiger partial charge is 0.496 e. The SMILES string of the molecule is COc1ccc(C(NN)c2sccc2OC)cc1OC. The lowest BCUT2D eigenvalue weighted by molar-refractivity contribution is 0.354. The standard InChI is InChI=1S/C14H18N2O3S/c1-17-10-5-4-9(8-12(10)19-3)13(16-15)14-11(18-2)6-7-20-14/h4-8,13,16H,15H2,1-3H3. The lowest BCUT2D eigenvalue weighted by Gasteiger charge is -2.18. The minimum atomic E-state index is -0.162. The summed E-state index contributed by atoms with van der Waals surface area (Å²) >= 11 is 1.59. The molecule has 0 aliphatic carbocycles. The Balaban J connectivity index is 2.42. The van der Waals surface area contributed by atoms with Crippen molar-refractivity contribution in [3.8, 4) is 17.2 Å². The molecule has 0 saturated carbocycles. The average Bonchev–Trinajstić information content (AvgIpc) is 2.96. The van der Waals surface area contributed by atoms with Crippen molar-refractivity contribution in [2.24, 2.45) is 5.84 Å². The summed E-state index contributed by atoms with van der Waals surface area (Å²) in [6, 6.07) is 7.47. The van der Waals surface area contributed by atoms with Crippen LogP contribution in [0, 0.1) is 0 Å². The molecule has 0 amide bonds. The van der Waals surface area contributed by atoms with Crippen LogP contribution in [0.25, 0.3) is 0 Å². The highest BCUT2D eigenvalue weighted by Gasteiger charge is 2.20. The molecule has 6 heteroatoms. The maximum atomic E-state index is 5.71. The third kappa shape index (κ3) is 2.72. The molecule has 5 nitrogen and oxygen atoms in total. The molecule has 0 aliphatic rings. The Hall–Kier alpha value is -1.76. The number of hydrogen-bond donors (Lipinski definition) is 2. The topological polar surface area (TPSA) is 65.7 Å². The molecule has 0 radical (unpaired) electrons. The molecule has 0 saturated heterocycles. The molecule has 108 valence electrons. The summed E-state index contributed by atoms with van der Waals surface area (Å²) < 4.78 is 15.9. The van der Waals surface area contributed by atoms with Crippen molar-refractivity contribution in [2.45, 2.75) is 6.04 Å².